The molecule has 2 fully saturated rings. The number of carbonyl (C=O) groups excluding carboxylic acids is 1. The van der Waals surface area contributed by atoms with Crippen molar-refractivity contribution in [1.29, 1.82) is 0 Å². The molecule has 2 aliphatic heterocycles. The molecular formula is C18H19ClN2O2S. The Bertz CT molecular complexity index is 756. The molecule has 6 heteroatoms. The number of aliphatic hydroxyl groups is 1. The first kappa shape index (κ1) is 16.1. The third-order valence-electron chi connectivity index (χ3n) is 5.02. The number of piperidine rings is 1. The van der Waals surface area contributed by atoms with Crippen LogP contribution in [0.5, 0.6) is 0 Å². The number of amides is 1. The van der Waals surface area contributed by atoms with Gasteiger partial charge in [-0.1, -0.05) is 23.7 Å². The minimum Gasteiger partial charge on any atom is -0.390 e. The Morgan fingerprint density at radius 2 is 1.92 bits per heavy atom. The number of benzene rings is 1. The van der Waals surface area contributed by atoms with Gasteiger partial charge in [-0.2, -0.15) is 0 Å². The Kier molecular flexibility index (Phi) is 3.90. The van der Waals surface area contributed by atoms with Crippen LogP contribution in [0.2, 0.25) is 5.02 Å². The number of halogens is 1. The third-order valence-corrected chi connectivity index (χ3v) is 6.16. The fourth-order valence-electron chi connectivity index (χ4n) is 4.02. The molecule has 0 spiro atoms. The highest BCUT2D eigenvalue weighted by molar-refractivity contribution is 7.13. The van der Waals surface area contributed by atoms with Crippen molar-refractivity contribution in [3.63, 3.8) is 0 Å². The molecule has 4 nitrogen and oxygen atoms in total. The summed E-state index contributed by atoms with van der Waals surface area (Å²) in [4.78, 5) is 19.4. The molecule has 126 valence electrons. The average molecular weight is 363 g/mol. The standard InChI is InChI=1S/C18H19ClN2O2S/c1-18(23)8-13-6-7-14(9-18)21(13)17(22)15-10-24-16(20-15)11-2-4-12(19)5-3-11/h2-5,10,13-14,23H,6-9H2,1H3/t13-,14+,18?. The summed E-state index contributed by atoms with van der Waals surface area (Å²) in [7, 11) is 0. The SMILES string of the molecule is CC1(O)C[C@H]2CC[C@@H](C1)N2C(=O)c1csc(-c2ccc(Cl)cc2)n1. The molecular weight excluding hydrogens is 344 g/mol. The van der Waals surface area contributed by atoms with Crippen molar-refractivity contribution in [1.82, 2.24) is 9.88 Å². The summed E-state index contributed by atoms with van der Waals surface area (Å²) in [6.07, 6.45) is 3.26. The second-order valence-electron chi connectivity index (χ2n) is 7.05. The van der Waals surface area contributed by atoms with Gasteiger partial charge in [-0.05, 0) is 44.7 Å². The largest absolute Gasteiger partial charge is 0.390 e. The number of thiazole rings is 1. The van der Waals surface area contributed by atoms with Gasteiger partial charge in [0.2, 0.25) is 0 Å². The Hall–Kier alpha value is -1.43. The summed E-state index contributed by atoms with van der Waals surface area (Å²) < 4.78 is 0. The van der Waals surface area contributed by atoms with Crippen LogP contribution in [-0.2, 0) is 0 Å². The Morgan fingerprint density at radius 3 is 2.54 bits per heavy atom. The number of rotatable bonds is 2. The molecule has 0 saturated carbocycles. The number of carbonyl (C=O) groups is 1. The van der Waals surface area contributed by atoms with Crippen molar-refractivity contribution in [3.05, 3.63) is 40.4 Å². The lowest BCUT2D eigenvalue weighted by molar-refractivity contribution is -0.0301. The molecule has 3 heterocycles. The van der Waals surface area contributed by atoms with Crippen LogP contribution in [0, 0.1) is 0 Å². The second-order valence-corrected chi connectivity index (χ2v) is 8.34. The molecule has 2 bridgehead atoms. The van der Waals surface area contributed by atoms with E-state index in [9.17, 15) is 9.90 Å². The van der Waals surface area contributed by atoms with E-state index in [-0.39, 0.29) is 18.0 Å². The van der Waals surface area contributed by atoms with E-state index in [0.717, 1.165) is 23.4 Å². The first-order chi connectivity index (χ1) is 11.4. The first-order valence-corrected chi connectivity index (χ1v) is 9.45. The minimum absolute atomic E-state index is 0.00513. The smallest absolute Gasteiger partial charge is 0.273 e. The van der Waals surface area contributed by atoms with E-state index in [1.807, 2.05) is 41.5 Å². The molecule has 1 unspecified atom stereocenters. The Balaban J connectivity index is 1.57. The zero-order valence-corrected chi connectivity index (χ0v) is 15.0. The molecule has 2 saturated heterocycles. The first-order valence-electron chi connectivity index (χ1n) is 8.19. The van der Waals surface area contributed by atoms with Crippen molar-refractivity contribution in [2.45, 2.75) is 50.3 Å². The minimum atomic E-state index is -0.654. The number of fused-ring (bicyclic) bond motifs is 2. The summed E-state index contributed by atoms with van der Waals surface area (Å²) >= 11 is 7.39. The van der Waals surface area contributed by atoms with Crippen molar-refractivity contribution in [3.8, 4) is 10.6 Å². The van der Waals surface area contributed by atoms with Crippen LogP contribution < -0.4 is 0 Å². The third kappa shape index (κ3) is 2.85. The van der Waals surface area contributed by atoms with Crippen molar-refractivity contribution >= 4 is 28.8 Å². The highest BCUT2D eigenvalue weighted by Crippen LogP contribution is 2.41. The molecule has 1 aromatic carbocycles. The Labute approximate surface area is 150 Å². The van der Waals surface area contributed by atoms with Crippen LogP contribution >= 0.6 is 22.9 Å². The fourth-order valence-corrected chi connectivity index (χ4v) is 4.95. The normalized spacial score (nSPS) is 29.0. The van der Waals surface area contributed by atoms with Crippen LogP contribution in [-0.4, -0.2) is 38.6 Å². The highest BCUT2D eigenvalue weighted by atomic mass is 35.5. The van der Waals surface area contributed by atoms with E-state index in [1.165, 1.54) is 11.3 Å². The molecule has 2 aliphatic rings. The van der Waals surface area contributed by atoms with E-state index in [4.69, 9.17) is 11.6 Å². The van der Waals surface area contributed by atoms with E-state index < -0.39 is 5.60 Å². The maximum atomic E-state index is 12.9. The van der Waals surface area contributed by atoms with E-state index >= 15 is 0 Å². The molecule has 1 amide bonds. The summed E-state index contributed by atoms with van der Waals surface area (Å²) in [6.45, 7) is 1.88. The van der Waals surface area contributed by atoms with Gasteiger partial charge in [0.15, 0.2) is 0 Å². The lowest BCUT2D eigenvalue weighted by Gasteiger charge is -2.41. The summed E-state index contributed by atoms with van der Waals surface area (Å²) in [6, 6.07) is 7.74. The topological polar surface area (TPSA) is 53.4 Å². The van der Waals surface area contributed by atoms with Crippen LogP contribution in [0.1, 0.15) is 43.1 Å². The molecule has 0 aliphatic carbocycles. The van der Waals surface area contributed by atoms with Gasteiger partial charge in [0.1, 0.15) is 10.7 Å². The predicted octanol–water partition coefficient (Wildman–Crippen LogP) is 3.98. The quantitative estimate of drug-likeness (QED) is 0.879. The van der Waals surface area contributed by atoms with Gasteiger partial charge >= 0.3 is 0 Å². The fraction of sp³-hybridized carbons (Fsp3) is 0.444. The van der Waals surface area contributed by atoms with Crippen LogP contribution in [0.25, 0.3) is 10.6 Å². The van der Waals surface area contributed by atoms with Crippen molar-refractivity contribution in [2.24, 2.45) is 0 Å². The van der Waals surface area contributed by atoms with Crippen LogP contribution in [0.15, 0.2) is 29.6 Å². The van der Waals surface area contributed by atoms with Gasteiger partial charge < -0.3 is 10.0 Å². The lowest BCUT2D eigenvalue weighted by Crippen LogP contribution is -2.52. The van der Waals surface area contributed by atoms with Gasteiger partial charge in [0.05, 0.1) is 5.60 Å². The monoisotopic (exact) mass is 362 g/mol. The van der Waals surface area contributed by atoms with Crippen molar-refractivity contribution in [2.75, 3.05) is 0 Å². The summed E-state index contributed by atoms with van der Waals surface area (Å²) in [5.74, 6) is -0.00513. The zero-order chi connectivity index (χ0) is 16.9. The van der Waals surface area contributed by atoms with E-state index in [1.54, 1.807) is 0 Å². The van der Waals surface area contributed by atoms with Crippen LogP contribution in [0.4, 0.5) is 0 Å². The number of hydrogen-bond donors (Lipinski definition) is 1. The predicted molar refractivity (Wildman–Crippen MR) is 95.4 cm³/mol. The summed E-state index contributed by atoms with van der Waals surface area (Å²) in [5.41, 5.74) is 0.815. The molecule has 3 atom stereocenters. The van der Waals surface area contributed by atoms with E-state index in [2.05, 4.69) is 4.98 Å². The number of aromatic nitrogens is 1. The van der Waals surface area contributed by atoms with Gasteiger partial charge in [-0.15, -0.1) is 11.3 Å². The van der Waals surface area contributed by atoms with Gasteiger partial charge in [0.25, 0.3) is 5.91 Å². The van der Waals surface area contributed by atoms with E-state index in [0.29, 0.717) is 23.6 Å². The van der Waals surface area contributed by atoms with Gasteiger partial charge in [0, 0.05) is 28.0 Å². The molecule has 24 heavy (non-hydrogen) atoms. The maximum absolute atomic E-state index is 12.9. The zero-order valence-electron chi connectivity index (χ0n) is 13.4. The molecule has 0 radical (unpaired) electrons. The summed E-state index contributed by atoms with van der Waals surface area (Å²) in [5, 5.41) is 13.7. The molecule has 1 aromatic heterocycles. The van der Waals surface area contributed by atoms with Gasteiger partial charge in [-0.25, -0.2) is 4.98 Å². The van der Waals surface area contributed by atoms with Crippen molar-refractivity contribution < 1.29 is 9.90 Å². The molecule has 2 aromatic rings. The van der Waals surface area contributed by atoms with Gasteiger partial charge in [-0.3, -0.25) is 4.79 Å². The molecule has 4 rings (SSSR count). The maximum Gasteiger partial charge on any atom is 0.273 e. The number of nitrogens with zero attached hydrogens (tertiary/aromatic N) is 2. The average Bonchev–Trinajstić information content (AvgIpc) is 3.11. The number of hydrogen-bond acceptors (Lipinski definition) is 4. The second kappa shape index (κ2) is 5.83. The highest BCUT2D eigenvalue weighted by Gasteiger charge is 2.47. The molecule has 1 N–H and O–H groups in total. The lowest BCUT2D eigenvalue weighted by atomic mass is 9.88. The van der Waals surface area contributed by atoms with Crippen LogP contribution in [0.3, 0.4) is 0 Å². The Morgan fingerprint density at radius 1 is 1.29 bits per heavy atom.